The minimum Gasteiger partial charge on any atom is -0.493 e. The Morgan fingerprint density at radius 1 is 1.00 bits per heavy atom. The summed E-state index contributed by atoms with van der Waals surface area (Å²) in [6.45, 7) is 9.28. The van der Waals surface area contributed by atoms with Crippen LogP contribution in [0.25, 0.3) is 11.1 Å². The van der Waals surface area contributed by atoms with Crippen LogP contribution in [0.3, 0.4) is 0 Å². The molecule has 3 heterocycles. The van der Waals surface area contributed by atoms with Crippen LogP contribution in [0.1, 0.15) is 52.0 Å². The number of carbonyl (C=O) groups is 1. The van der Waals surface area contributed by atoms with Crippen molar-refractivity contribution in [2.75, 3.05) is 46.0 Å². The summed E-state index contributed by atoms with van der Waals surface area (Å²) in [5.41, 5.74) is 1.22. The van der Waals surface area contributed by atoms with Gasteiger partial charge in [0.1, 0.15) is 23.2 Å². The van der Waals surface area contributed by atoms with Gasteiger partial charge in [0.15, 0.2) is 5.60 Å². The Balaban J connectivity index is 1.18. The number of likely N-dealkylation sites (tertiary alicyclic amines) is 2. The first-order valence-corrected chi connectivity index (χ1v) is 15.1. The second-order valence-corrected chi connectivity index (χ2v) is 12.0. The molecular formula is C32H39F4N3O5. The average molecular weight is 622 g/mol. The number of esters is 1. The van der Waals surface area contributed by atoms with E-state index >= 15 is 0 Å². The maximum Gasteiger partial charge on any atom is 0.392 e. The number of ether oxygens (including phenoxy) is 3. The van der Waals surface area contributed by atoms with Crippen LogP contribution in [0.2, 0.25) is 0 Å². The molecule has 44 heavy (non-hydrogen) atoms. The lowest BCUT2D eigenvalue weighted by Crippen LogP contribution is -2.61. The van der Waals surface area contributed by atoms with E-state index in [0.29, 0.717) is 69.0 Å². The van der Waals surface area contributed by atoms with E-state index < -0.39 is 30.4 Å². The van der Waals surface area contributed by atoms with Crippen LogP contribution in [0, 0.1) is 11.2 Å². The van der Waals surface area contributed by atoms with Crippen molar-refractivity contribution in [2.24, 2.45) is 10.6 Å². The fraction of sp³-hybridized carbons (Fsp3) is 0.562. The quantitative estimate of drug-likeness (QED) is 0.232. The molecule has 2 aromatic carbocycles. The van der Waals surface area contributed by atoms with Crippen molar-refractivity contribution in [2.45, 2.75) is 64.8 Å². The van der Waals surface area contributed by atoms with Gasteiger partial charge in [0.2, 0.25) is 0 Å². The van der Waals surface area contributed by atoms with Crippen molar-refractivity contribution in [3.63, 3.8) is 0 Å². The molecule has 2 saturated heterocycles. The van der Waals surface area contributed by atoms with Gasteiger partial charge in [-0.25, -0.2) is 4.39 Å². The molecule has 0 N–H and O–H groups in total. The van der Waals surface area contributed by atoms with Gasteiger partial charge in [-0.2, -0.15) is 13.2 Å². The fourth-order valence-corrected chi connectivity index (χ4v) is 6.03. The number of oxime groups is 1. The Labute approximate surface area is 254 Å². The van der Waals surface area contributed by atoms with Crippen LogP contribution < -0.4 is 9.47 Å². The zero-order chi connectivity index (χ0) is 31.5. The highest BCUT2D eigenvalue weighted by Gasteiger charge is 2.51. The van der Waals surface area contributed by atoms with Crippen LogP contribution in [-0.4, -0.2) is 79.4 Å². The van der Waals surface area contributed by atoms with Gasteiger partial charge in [0.05, 0.1) is 38.1 Å². The van der Waals surface area contributed by atoms with Crippen LogP contribution in [0.4, 0.5) is 17.6 Å². The minimum atomic E-state index is -4.38. The van der Waals surface area contributed by atoms with E-state index in [4.69, 9.17) is 19.0 Å². The van der Waals surface area contributed by atoms with E-state index in [-0.39, 0.29) is 17.3 Å². The highest BCUT2D eigenvalue weighted by atomic mass is 19.4. The molecule has 240 valence electrons. The zero-order valence-electron chi connectivity index (χ0n) is 25.3. The minimum absolute atomic E-state index is 0.0287. The molecule has 3 aliphatic heterocycles. The van der Waals surface area contributed by atoms with Crippen molar-refractivity contribution in [3.05, 3.63) is 47.8 Å². The maximum atomic E-state index is 14.0. The van der Waals surface area contributed by atoms with Crippen molar-refractivity contribution in [3.8, 4) is 22.6 Å². The average Bonchev–Trinajstić information content (AvgIpc) is 3.39. The topological polar surface area (TPSA) is 72.8 Å². The molecule has 0 amide bonds. The van der Waals surface area contributed by atoms with Gasteiger partial charge in [-0.15, -0.1) is 0 Å². The third-order valence-corrected chi connectivity index (χ3v) is 8.48. The van der Waals surface area contributed by atoms with Gasteiger partial charge < -0.3 is 23.9 Å². The molecular weight excluding hydrogens is 582 g/mol. The number of alkyl halides is 3. The molecule has 1 spiro atoms. The Morgan fingerprint density at radius 3 is 2.34 bits per heavy atom. The number of amidine groups is 1. The number of benzene rings is 2. The predicted octanol–water partition coefficient (Wildman–Crippen LogP) is 6.18. The summed E-state index contributed by atoms with van der Waals surface area (Å²) in [7, 11) is 0. The van der Waals surface area contributed by atoms with Crippen molar-refractivity contribution < 1.29 is 41.4 Å². The molecule has 0 saturated carbocycles. The van der Waals surface area contributed by atoms with Gasteiger partial charge in [-0.1, -0.05) is 17.3 Å². The number of halogens is 4. The maximum absolute atomic E-state index is 14.0. The SMILES string of the molecule is CCOC(=O)C1(C)CCN(C2=NOC3(C2)CN(Cc2ccc(-c4ccc(F)cc4OCCC(F)(F)F)c(OCC)c2)C3)CC1. The summed E-state index contributed by atoms with van der Waals surface area (Å²) in [6, 6.07) is 9.48. The van der Waals surface area contributed by atoms with E-state index in [0.717, 1.165) is 30.6 Å². The largest absolute Gasteiger partial charge is 0.493 e. The Kier molecular flexibility index (Phi) is 9.29. The Morgan fingerprint density at radius 2 is 1.68 bits per heavy atom. The first kappa shape index (κ1) is 31.9. The molecule has 12 heteroatoms. The van der Waals surface area contributed by atoms with E-state index in [9.17, 15) is 22.4 Å². The number of rotatable bonds is 10. The van der Waals surface area contributed by atoms with E-state index in [1.807, 2.05) is 39.0 Å². The lowest BCUT2D eigenvalue weighted by molar-refractivity contribution is -0.156. The molecule has 2 aromatic rings. The third-order valence-electron chi connectivity index (χ3n) is 8.48. The third kappa shape index (κ3) is 7.22. The summed E-state index contributed by atoms with van der Waals surface area (Å²) in [5.74, 6) is 0.749. The standard InChI is InChI=1S/C32H39F4N3O5/c1-4-41-26-16-22(6-8-24(26)25-9-7-23(33)17-27(25)43-15-12-32(34,35)36)19-38-20-31(21-38)18-28(37-44-31)39-13-10-30(3,11-14-39)29(40)42-5-2/h6-9,16-17H,4-5,10-15,18-21H2,1-3H3. The highest BCUT2D eigenvalue weighted by molar-refractivity contribution is 5.85. The second-order valence-electron chi connectivity index (χ2n) is 12.0. The van der Waals surface area contributed by atoms with Gasteiger partial charge >= 0.3 is 12.1 Å². The van der Waals surface area contributed by atoms with Crippen molar-refractivity contribution in [1.82, 2.24) is 9.80 Å². The van der Waals surface area contributed by atoms with Gasteiger partial charge in [0.25, 0.3) is 0 Å². The summed E-state index contributed by atoms with van der Waals surface area (Å²) in [4.78, 5) is 22.8. The normalized spacial score (nSPS) is 19.2. The number of carbonyl (C=O) groups excluding carboxylic acids is 1. The summed E-state index contributed by atoms with van der Waals surface area (Å²) >= 11 is 0. The molecule has 0 aromatic heterocycles. The molecule has 0 unspecified atom stereocenters. The van der Waals surface area contributed by atoms with Gasteiger partial charge in [-0.3, -0.25) is 9.69 Å². The molecule has 0 radical (unpaired) electrons. The molecule has 8 nitrogen and oxygen atoms in total. The summed E-state index contributed by atoms with van der Waals surface area (Å²) in [5, 5.41) is 4.42. The van der Waals surface area contributed by atoms with Crippen LogP contribution in [0.5, 0.6) is 11.5 Å². The van der Waals surface area contributed by atoms with Crippen molar-refractivity contribution in [1.29, 1.82) is 0 Å². The molecule has 0 atom stereocenters. The van der Waals surface area contributed by atoms with E-state index in [1.54, 1.807) is 0 Å². The highest BCUT2D eigenvalue weighted by Crippen LogP contribution is 2.41. The summed E-state index contributed by atoms with van der Waals surface area (Å²) in [6.07, 6.45) is -3.38. The Hall–Kier alpha value is -3.54. The number of hydrogen-bond donors (Lipinski definition) is 0. The molecule has 0 bridgehead atoms. The molecule has 2 fully saturated rings. The number of nitrogens with zero attached hydrogens (tertiary/aromatic N) is 3. The lowest BCUT2D eigenvalue weighted by Gasteiger charge is -2.45. The molecule has 3 aliphatic rings. The van der Waals surface area contributed by atoms with Crippen LogP contribution in [0.15, 0.2) is 41.6 Å². The van der Waals surface area contributed by atoms with E-state index in [1.165, 1.54) is 12.1 Å². The first-order chi connectivity index (χ1) is 20.9. The van der Waals surface area contributed by atoms with Gasteiger partial charge in [-0.05, 0) is 57.4 Å². The number of piperidine rings is 1. The van der Waals surface area contributed by atoms with Crippen LogP contribution in [-0.2, 0) is 20.9 Å². The molecule has 5 rings (SSSR count). The summed E-state index contributed by atoms with van der Waals surface area (Å²) < 4.78 is 68.5. The van der Waals surface area contributed by atoms with E-state index in [2.05, 4.69) is 15.0 Å². The van der Waals surface area contributed by atoms with Gasteiger partial charge in [0, 0.05) is 49.9 Å². The molecule has 0 aliphatic carbocycles. The first-order valence-electron chi connectivity index (χ1n) is 15.1. The predicted molar refractivity (Wildman–Crippen MR) is 156 cm³/mol. The fourth-order valence-electron chi connectivity index (χ4n) is 6.03. The second kappa shape index (κ2) is 12.8. The zero-order valence-corrected chi connectivity index (χ0v) is 25.3. The van der Waals surface area contributed by atoms with Crippen molar-refractivity contribution >= 4 is 11.8 Å². The lowest BCUT2D eigenvalue weighted by atomic mass is 9.80. The number of hydrogen-bond acceptors (Lipinski definition) is 8. The van der Waals surface area contributed by atoms with Crippen LogP contribution >= 0.6 is 0 Å². The smallest absolute Gasteiger partial charge is 0.392 e. The Bertz CT molecular complexity index is 1370. The monoisotopic (exact) mass is 621 g/mol.